The second-order valence-corrected chi connectivity index (χ2v) is 16.6. The Morgan fingerprint density at radius 1 is 0.708 bits per heavy atom. The van der Waals surface area contributed by atoms with Crippen molar-refractivity contribution in [3.63, 3.8) is 0 Å². The van der Waals surface area contributed by atoms with Crippen LogP contribution in [0.1, 0.15) is 34.6 Å². The second-order valence-electron chi connectivity index (χ2n) is 10.5. The molecule has 13 nitrogen and oxygen atoms in total. The molecule has 48 heavy (non-hydrogen) atoms. The zero-order chi connectivity index (χ0) is 34.0. The van der Waals surface area contributed by atoms with Crippen LogP contribution in [0.5, 0.6) is 0 Å². The number of carbonyl (C=O) groups is 2. The number of halogens is 1. The summed E-state index contributed by atoms with van der Waals surface area (Å²) in [6, 6.07) is 15.2. The van der Waals surface area contributed by atoms with E-state index in [9.17, 15) is 44.3 Å². The van der Waals surface area contributed by atoms with E-state index in [1.807, 2.05) is 6.92 Å². The highest BCUT2D eigenvalue weighted by molar-refractivity contribution is 8.04. The van der Waals surface area contributed by atoms with Gasteiger partial charge in [-0.2, -0.15) is 0 Å². The van der Waals surface area contributed by atoms with E-state index in [0.29, 0.717) is 18.8 Å². The minimum Gasteiger partial charge on any atom is -0.383 e. The Morgan fingerprint density at radius 3 is 1.48 bits per heavy atom. The number of hydrogen-bond donors (Lipinski definition) is 2. The average Bonchev–Trinajstić information content (AvgIpc) is 3.56. The van der Waals surface area contributed by atoms with E-state index in [-0.39, 0.29) is 51.5 Å². The van der Waals surface area contributed by atoms with Gasteiger partial charge >= 0.3 is 0 Å². The van der Waals surface area contributed by atoms with E-state index in [4.69, 9.17) is 0 Å². The van der Waals surface area contributed by atoms with Crippen LogP contribution in [0, 0.1) is 11.7 Å². The summed E-state index contributed by atoms with van der Waals surface area (Å²) in [6.07, 6.45) is 0.0304. The molecule has 264 valence electrons. The molecular formula is C31H41FN4O9S3. The minimum atomic E-state index is -4.42. The Labute approximate surface area is 282 Å². The van der Waals surface area contributed by atoms with E-state index in [1.165, 1.54) is 48.3 Å². The smallest absolute Gasteiger partial charge is 0.256 e. The van der Waals surface area contributed by atoms with Crippen LogP contribution in [-0.2, 0) is 39.7 Å². The van der Waals surface area contributed by atoms with Gasteiger partial charge in [0.1, 0.15) is 11.9 Å². The van der Waals surface area contributed by atoms with Crippen molar-refractivity contribution in [2.45, 2.75) is 55.4 Å². The number of sulfonamides is 3. The maximum Gasteiger partial charge on any atom is 0.256 e. The first-order valence-electron chi connectivity index (χ1n) is 13.9. The highest BCUT2D eigenvalue weighted by Gasteiger charge is 2.34. The first-order valence-corrected chi connectivity index (χ1v) is 18.3. The highest BCUT2D eigenvalue weighted by atomic mass is 32.3. The van der Waals surface area contributed by atoms with Gasteiger partial charge in [-0.1, -0.05) is 25.5 Å². The predicted molar refractivity (Wildman–Crippen MR) is 180 cm³/mol. The molecule has 2 heterocycles. The fourth-order valence-corrected chi connectivity index (χ4v) is 8.59. The molecule has 2 N–H and O–H groups in total. The monoisotopic (exact) mass is 728 g/mol. The third kappa shape index (κ3) is 8.27. The summed E-state index contributed by atoms with van der Waals surface area (Å²) in [6.45, 7) is 2.89. The van der Waals surface area contributed by atoms with Crippen LogP contribution in [0.3, 0.4) is 0 Å². The number of anilines is 2. The molecular weight excluding hydrogens is 688 g/mol. The van der Waals surface area contributed by atoms with Crippen LogP contribution < -0.4 is 14.5 Å². The number of benzene rings is 3. The molecule has 3 aromatic rings. The van der Waals surface area contributed by atoms with Gasteiger partial charge in [0.15, 0.2) is 0 Å². The van der Waals surface area contributed by atoms with Crippen molar-refractivity contribution in [1.29, 1.82) is 0 Å². The molecule has 2 fully saturated rings. The SMILES string of the molecule is C.C.CN(S(=O)(=O)c1ccc(F)cc1)S(=O)(=O)c1ccc(N2CC[C@@H](O)C2=O)cc1.CNS(=O)(=O)c1ccc(N2CC[C@H](C)C2=O)cc1. The average molecular weight is 729 g/mol. The van der Waals surface area contributed by atoms with Gasteiger partial charge in [-0.25, -0.2) is 34.4 Å². The fourth-order valence-electron chi connectivity index (χ4n) is 4.75. The molecule has 17 heteroatoms. The van der Waals surface area contributed by atoms with E-state index < -0.39 is 47.9 Å². The largest absolute Gasteiger partial charge is 0.383 e. The lowest BCUT2D eigenvalue weighted by atomic mass is 10.1. The molecule has 2 aliphatic heterocycles. The molecule has 0 radical (unpaired) electrons. The molecule has 3 aromatic carbocycles. The number of amides is 2. The first-order chi connectivity index (χ1) is 21.5. The maximum atomic E-state index is 13.0. The number of hydrogen-bond acceptors (Lipinski definition) is 9. The lowest BCUT2D eigenvalue weighted by Crippen LogP contribution is -2.33. The van der Waals surface area contributed by atoms with Gasteiger partial charge in [-0.05, 0) is 86.3 Å². The van der Waals surface area contributed by atoms with E-state index in [2.05, 4.69) is 4.72 Å². The standard InChI is InChI=1S/C17H17FN2O6S2.C12H16N2O3S.2CH4/c1-19(27(23,24)14-6-2-12(18)3-7-14)28(25,26)15-8-4-13(5-9-15)20-11-10-16(21)17(20)22;1-9-7-8-14(12(9)15)10-3-5-11(6-4-10)18(16,17)13-2;;/h2-9,16,21H,10-11H2,1H3;3-6,9,13H,7-8H2,1-2H3;2*1H4/t16-;9-;;/m10../s1. The van der Waals surface area contributed by atoms with Gasteiger partial charge in [-0.3, -0.25) is 9.59 Å². The zero-order valence-corrected chi connectivity index (χ0v) is 27.5. The Kier molecular flexibility index (Phi) is 13.2. The van der Waals surface area contributed by atoms with Crippen molar-refractivity contribution < 1.29 is 44.3 Å². The van der Waals surface area contributed by atoms with Crippen LogP contribution in [0.15, 0.2) is 87.5 Å². The van der Waals surface area contributed by atoms with E-state index in [0.717, 1.165) is 43.4 Å². The summed E-state index contributed by atoms with van der Waals surface area (Å²) in [7, 11) is -10.00. The normalized spacial score (nSPS) is 18.2. The van der Waals surface area contributed by atoms with Crippen LogP contribution in [0.2, 0.25) is 0 Å². The van der Waals surface area contributed by atoms with E-state index >= 15 is 0 Å². The first kappa shape index (κ1) is 40.4. The highest BCUT2D eigenvalue weighted by Crippen LogP contribution is 2.28. The second kappa shape index (κ2) is 15.7. The van der Waals surface area contributed by atoms with Crippen molar-refractivity contribution in [2.75, 3.05) is 37.0 Å². The Morgan fingerprint density at radius 2 is 1.10 bits per heavy atom. The van der Waals surface area contributed by atoms with Gasteiger partial charge in [0.25, 0.3) is 26.0 Å². The molecule has 0 saturated carbocycles. The van der Waals surface area contributed by atoms with Gasteiger partial charge in [-0.15, -0.1) is 0 Å². The lowest BCUT2D eigenvalue weighted by Gasteiger charge is -2.19. The predicted octanol–water partition coefficient (Wildman–Crippen LogP) is 3.17. The molecule has 5 rings (SSSR count). The molecule has 2 aliphatic rings. The van der Waals surface area contributed by atoms with Crippen LogP contribution in [0.25, 0.3) is 0 Å². The number of carbonyl (C=O) groups excluding carboxylic acids is 2. The Balaban J connectivity index is 0.000000348. The van der Waals surface area contributed by atoms with Gasteiger partial charge in [0, 0.05) is 43.9 Å². The van der Waals surface area contributed by atoms with Gasteiger partial charge in [0.05, 0.1) is 14.7 Å². The Bertz CT molecular complexity index is 1920. The third-order valence-electron chi connectivity index (χ3n) is 7.61. The summed E-state index contributed by atoms with van der Waals surface area (Å²) in [5.41, 5.74) is 1.14. The molecule has 2 saturated heterocycles. The van der Waals surface area contributed by atoms with Crippen molar-refractivity contribution in [3.8, 4) is 0 Å². The van der Waals surface area contributed by atoms with Gasteiger partial charge < -0.3 is 14.9 Å². The summed E-state index contributed by atoms with van der Waals surface area (Å²) in [5, 5.41) is 9.52. The molecule has 0 spiro atoms. The molecule has 2 atom stereocenters. The number of rotatable bonds is 8. The van der Waals surface area contributed by atoms with Crippen molar-refractivity contribution >= 4 is 53.3 Å². The fraction of sp³-hybridized carbons (Fsp3) is 0.355. The molecule has 0 unspecified atom stereocenters. The lowest BCUT2D eigenvalue weighted by molar-refractivity contribution is -0.124. The minimum absolute atomic E-state index is 0. The number of nitrogens with zero attached hydrogens (tertiary/aromatic N) is 3. The van der Waals surface area contributed by atoms with Gasteiger partial charge in [0.2, 0.25) is 15.9 Å². The summed E-state index contributed by atoms with van der Waals surface area (Å²) < 4.78 is 89.2. The summed E-state index contributed by atoms with van der Waals surface area (Å²) in [5.74, 6) is -0.988. The maximum absolute atomic E-state index is 13.0. The number of aliphatic hydroxyl groups is 1. The van der Waals surface area contributed by atoms with E-state index in [1.54, 1.807) is 17.0 Å². The third-order valence-corrected chi connectivity index (χ3v) is 13.3. The quantitative estimate of drug-likeness (QED) is 0.353. The topological polar surface area (TPSA) is 179 Å². The number of aliphatic hydroxyl groups excluding tert-OH is 1. The van der Waals surface area contributed by atoms with Crippen LogP contribution in [-0.4, -0.2) is 79.2 Å². The number of nitrogens with one attached hydrogen (secondary N) is 1. The molecule has 0 aromatic heterocycles. The van der Waals surface area contributed by atoms with Crippen LogP contribution >= 0.6 is 0 Å². The molecule has 0 aliphatic carbocycles. The van der Waals surface area contributed by atoms with Crippen molar-refractivity contribution in [2.24, 2.45) is 5.92 Å². The Hall–Kier alpha value is -3.74. The van der Waals surface area contributed by atoms with Crippen molar-refractivity contribution in [3.05, 3.63) is 78.6 Å². The molecule has 0 bridgehead atoms. The van der Waals surface area contributed by atoms with Crippen molar-refractivity contribution in [1.82, 2.24) is 8.43 Å². The zero-order valence-electron chi connectivity index (χ0n) is 25.1. The molecule has 2 amide bonds. The summed E-state index contributed by atoms with van der Waals surface area (Å²) in [4.78, 5) is 26.2. The summed E-state index contributed by atoms with van der Waals surface area (Å²) >= 11 is 0. The van der Waals surface area contributed by atoms with Crippen LogP contribution in [0.4, 0.5) is 15.8 Å².